The molecule has 0 aromatic carbocycles. The Morgan fingerprint density at radius 2 is 2.00 bits per heavy atom. The van der Waals surface area contributed by atoms with Crippen molar-refractivity contribution in [3.63, 3.8) is 0 Å². The van der Waals surface area contributed by atoms with Crippen molar-refractivity contribution in [3.8, 4) is 0 Å². The molecule has 18 heavy (non-hydrogen) atoms. The molecule has 0 spiro atoms. The highest BCUT2D eigenvalue weighted by Crippen LogP contribution is 2.34. The number of hydrogen-bond acceptors (Lipinski definition) is 4. The van der Waals surface area contributed by atoms with Gasteiger partial charge in [-0.25, -0.2) is 0 Å². The topological polar surface area (TPSA) is 27.6 Å². The Morgan fingerprint density at radius 3 is 2.50 bits per heavy atom. The molecule has 0 aliphatic carbocycles. The minimum absolute atomic E-state index is 0.461. The van der Waals surface area contributed by atoms with Crippen molar-refractivity contribution in [3.05, 3.63) is 0 Å². The summed E-state index contributed by atoms with van der Waals surface area (Å²) in [6.45, 7) is 8.04. The lowest BCUT2D eigenvalue weighted by Crippen LogP contribution is -2.44. The van der Waals surface area contributed by atoms with E-state index in [0.717, 1.165) is 6.54 Å². The van der Waals surface area contributed by atoms with Gasteiger partial charge in [0.2, 0.25) is 0 Å². The number of amidine groups is 1. The number of rotatable bonds is 3. The van der Waals surface area contributed by atoms with Crippen LogP contribution in [0.4, 0.5) is 0 Å². The molecule has 1 saturated heterocycles. The number of nitrogens with zero attached hydrogens (tertiary/aromatic N) is 2. The van der Waals surface area contributed by atoms with Crippen molar-refractivity contribution in [2.45, 2.75) is 45.6 Å². The van der Waals surface area contributed by atoms with E-state index < -0.39 is 0 Å². The lowest BCUT2D eigenvalue weighted by molar-refractivity contribution is 0.247. The Balaban J connectivity index is 1.83. The number of piperidine rings is 1. The van der Waals surface area contributed by atoms with E-state index in [2.05, 4.69) is 31.1 Å². The first kappa shape index (κ1) is 14.2. The van der Waals surface area contributed by atoms with E-state index in [1.807, 2.05) is 11.8 Å². The molecule has 0 unspecified atom stereocenters. The van der Waals surface area contributed by atoms with Gasteiger partial charge in [-0.05, 0) is 51.2 Å². The Kier molecular flexibility index (Phi) is 4.96. The molecule has 3 nitrogen and oxygen atoms in total. The maximum atomic E-state index is 4.79. The smallest absolute Gasteiger partial charge is 0.156 e. The average Bonchev–Trinajstić information content (AvgIpc) is 2.43. The first-order valence-electron chi connectivity index (χ1n) is 7.30. The van der Waals surface area contributed by atoms with Gasteiger partial charge in [0, 0.05) is 18.3 Å². The predicted octanol–water partition coefficient (Wildman–Crippen LogP) is 2.58. The summed E-state index contributed by atoms with van der Waals surface area (Å²) < 4.78 is 0. The summed E-state index contributed by atoms with van der Waals surface area (Å²) in [7, 11) is 2.21. The molecule has 2 aliphatic rings. The largest absolute Gasteiger partial charge is 0.362 e. The van der Waals surface area contributed by atoms with E-state index in [-0.39, 0.29) is 0 Å². The van der Waals surface area contributed by atoms with E-state index in [0.29, 0.717) is 11.5 Å². The minimum Gasteiger partial charge on any atom is -0.362 e. The molecular formula is C14H27N3S. The van der Waals surface area contributed by atoms with Crippen LogP contribution in [-0.4, -0.2) is 48.5 Å². The van der Waals surface area contributed by atoms with Crippen molar-refractivity contribution in [2.75, 3.05) is 32.4 Å². The maximum Gasteiger partial charge on any atom is 0.156 e. The fraction of sp³-hybridized carbons (Fsp3) is 0.929. The second-order valence-corrected chi connectivity index (χ2v) is 6.80. The van der Waals surface area contributed by atoms with Crippen LogP contribution in [0.1, 0.15) is 39.5 Å². The van der Waals surface area contributed by atoms with Gasteiger partial charge in [0.05, 0.1) is 0 Å². The van der Waals surface area contributed by atoms with Crippen molar-refractivity contribution in [1.29, 1.82) is 0 Å². The van der Waals surface area contributed by atoms with Crippen LogP contribution in [0.5, 0.6) is 0 Å². The van der Waals surface area contributed by atoms with Crippen LogP contribution >= 0.6 is 11.8 Å². The number of hydrogen-bond donors (Lipinski definition) is 1. The van der Waals surface area contributed by atoms with Crippen molar-refractivity contribution < 1.29 is 0 Å². The third-order valence-electron chi connectivity index (χ3n) is 4.62. The quantitative estimate of drug-likeness (QED) is 0.853. The highest BCUT2D eigenvalue weighted by molar-refractivity contribution is 8.13. The van der Waals surface area contributed by atoms with Gasteiger partial charge >= 0.3 is 0 Å². The SMILES string of the molecule is CCC1(CC)CN=C(NC2CCN(C)CC2)SC1. The summed E-state index contributed by atoms with van der Waals surface area (Å²) in [5.74, 6) is 1.23. The second kappa shape index (κ2) is 6.29. The van der Waals surface area contributed by atoms with Crippen molar-refractivity contribution >= 4 is 16.9 Å². The molecule has 0 aromatic heterocycles. The lowest BCUT2D eigenvalue weighted by Gasteiger charge is -2.35. The molecule has 0 aromatic rings. The Hall–Kier alpha value is -0.220. The number of aliphatic imine (C=N–C) groups is 1. The summed E-state index contributed by atoms with van der Waals surface area (Å²) in [5.41, 5.74) is 0.461. The zero-order chi connectivity index (χ0) is 13.0. The van der Waals surface area contributed by atoms with Crippen LogP contribution in [0.2, 0.25) is 0 Å². The number of nitrogens with one attached hydrogen (secondary N) is 1. The normalized spacial score (nSPS) is 25.8. The van der Waals surface area contributed by atoms with Crippen molar-refractivity contribution in [2.24, 2.45) is 10.4 Å². The molecule has 2 rings (SSSR count). The van der Waals surface area contributed by atoms with Gasteiger partial charge in [0.25, 0.3) is 0 Å². The highest BCUT2D eigenvalue weighted by atomic mass is 32.2. The van der Waals surface area contributed by atoms with E-state index in [4.69, 9.17) is 4.99 Å². The fourth-order valence-electron chi connectivity index (χ4n) is 2.64. The van der Waals surface area contributed by atoms with Crippen LogP contribution in [0.25, 0.3) is 0 Å². The molecule has 104 valence electrons. The van der Waals surface area contributed by atoms with Crippen LogP contribution in [0.3, 0.4) is 0 Å². The van der Waals surface area contributed by atoms with Gasteiger partial charge in [-0.1, -0.05) is 25.6 Å². The molecule has 0 atom stereocenters. The van der Waals surface area contributed by atoms with Gasteiger partial charge < -0.3 is 10.2 Å². The Bertz CT molecular complexity index is 291. The van der Waals surface area contributed by atoms with Gasteiger partial charge in [-0.3, -0.25) is 4.99 Å². The standard InChI is InChI=1S/C14H27N3S/c1-4-14(5-2)10-15-13(18-11-14)16-12-6-8-17(3)9-7-12/h12H,4-11H2,1-3H3,(H,15,16). The predicted molar refractivity (Wildman–Crippen MR) is 81.4 cm³/mol. The summed E-state index contributed by atoms with van der Waals surface area (Å²) in [5, 5.41) is 4.85. The Labute approximate surface area is 116 Å². The molecule has 0 saturated carbocycles. The van der Waals surface area contributed by atoms with Crippen LogP contribution in [0.15, 0.2) is 4.99 Å². The lowest BCUT2D eigenvalue weighted by atomic mass is 9.84. The average molecular weight is 269 g/mol. The number of likely N-dealkylation sites (tertiary alicyclic amines) is 1. The summed E-state index contributed by atoms with van der Waals surface area (Å²) >= 11 is 1.94. The van der Waals surface area contributed by atoms with E-state index >= 15 is 0 Å². The molecule has 0 bridgehead atoms. The van der Waals surface area contributed by atoms with E-state index in [9.17, 15) is 0 Å². The summed E-state index contributed by atoms with van der Waals surface area (Å²) in [6, 6.07) is 0.642. The van der Waals surface area contributed by atoms with Crippen LogP contribution < -0.4 is 5.32 Å². The summed E-state index contributed by atoms with van der Waals surface area (Å²) in [6.07, 6.45) is 5.01. The molecule has 4 heteroatoms. The molecule has 2 heterocycles. The van der Waals surface area contributed by atoms with Crippen LogP contribution in [0, 0.1) is 5.41 Å². The van der Waals surface area contributed by atoms with Gasteiger partial charge in [0.15, 0.2) is 5.17 Å². The zero-order valence-corrected chi connectivity index (χ0v) is 12.9. The molecule has 2 aliphatic heterocycles. The first-order valence-corrected chi connectivity index (χ1v) is 8.28. The molecule has 1 fully saturated rings. The molecule has 1 N–H and O–H groups in total. The maximum absolute atomic E-state index is 4.79. The molecular weight excluding hydrogens is 242 g/mol. The van der Waals surface area contributed by atoms with E-state index in [1.165, 1.54) is 49.7 Å². The van der Waals surface area contributed by atoms with Gasteiger partial charge in [0.1, 0.15) is 0 Å². The fourth-order valence-corrected chi connectivity index (χ4v) is 3.99. The van der Waals surface area contributed by atoms with Gasteiger partial charge in [-0.2, -0.15) is 0 Å². The molecule has 0 radical (unpaired) electrons. The zero-order valence-electron chi connectivity index (χ0n) is 12.0. The third-order valence-corrected chi connectivity index (χ3v) is 5.90. The van der Waals surface area contributed by atoms with E-state index in [1.54, 1.807) is 0 Å². The highest BCUT2D eigenvalue weighted by Gasteiger charge is 2.30. The van der Waals surface area contributed by atoms with Crippen LogP contribution in [-0.2, 0) is 0 Å². The summed E-state index contributed by atoms with van der Waals surface area (Å²) in [4.78, 5) is 7.20. The van der Waals surface area contributed by atoms with Crippen molar-refractivity contribution in [1.82, 2.24) is 10.2 Å². The number of thioether (sulfide) groups is 1. The first-order chi connectivity index (χ1) is 8.67. The second-order valence-electron chi connectivity index (χ2n) is 5.84. The Morgan fingerprint density at radius 1 is 1.33 bits per heavy atom. The minimum atomic E-state index is 0.461. The van der Waals surface area contributed by atoms with Gasteiger partial charge in [-0.15, -0.1) is 0 Å². The molecule has 0 amide bonds. The third kappa shape index (κ3) is 3.41. The monoisotopic (exact) mass is 269 g/mol.